The SMILES string of the molecule is CCOc1cc(NC(CC)COC)ncn1. The van der Waals surface area contributed by atoms with Gasteiger partial charge in [0, 0.05) is 13.2 Å². The normalized spacial score (nSPS) is 12.2. The number of hydrogen-bond donors (Lipinski definition) is 1. The second-order valence-electron chi connectivity index (χ2n) is 3.38. The Morgan fingerprint density at radius 2 is 2.19 bits per heavy atom. The van der Waals surface area contributed by atoms with Gasteiger partial charge in [-0.1, -0.05) is 6.92 Å². The third-order valence-corrected chi connectivity index (χ3v) is 2.15. The Balaban J connectivity index is 2.60. The molecule has 1 N–H and O–H groups in total. The standard InChI is InChI=1S/C11H19N3O2/c1-4-9(7-15-3)14-10-6-11(16-5-2)13-8-12-10/h6,8-9H,4-5,7H2,1-3H3,(H,12,13,14). The molecule has 0 amide bonds. The van der Waals surface area contributed by atoms with Crippen LogP contribution in [0.2, 0.25) is 0 Å². The van der Waals surface area contributed by atoms with Gasteiger partial charge in [-0.3, -0.25) is 0 Å². The quantitative estimate of drug-likeness (QED) is 0.765. The zero-order valence-electron chi connectivity index (χ0n) is 10.1. The summed E-state index contributed by atoms with van der Waals surface area (Å²) in [6.07, 6.45) is 2.47. The van der Waals surface area contributed by atoms with E-state index in [1.807, 2.05) is 6.92 Å². The van der Waals surface area contributed by atoms with Crippen LogP contribution in [0.5, 0.6) is 5.88 Å². The number of methoxy groups -OCH3 is 1. The summed E-state index contributed by atoms with van der Waals surface area (Å²) in [5, 5.41) is 3.27. The second-order valence-corrected chi connectivity index (χ2v) is 3.38. The molecule has 0 aliphatic carbocycles. The molecule has 16 heavy (non-hydrogen) atoms. The number of hydrogen-bond acceptors (Lipinski definition) is 5. The van der Waals surface area contributed by atoms with Crippen LogP contribution < -0.4 is 10.1 Å². The van der Waals surface area contributed by atoms with E-state index in [0.717, 1.165) is 12.2 Å². The van der Waals surface area contributed by atoms with Gasteiger partial charge in [0.05, 0.1) is 19.3 Å². The van der Waals surface area contributed by atoms with Crippen LogP contribution in [0, 0.1) is 0 Å². The Bertz CT molecular complexity index is 307. The van der Waals surface area contributed by atoms with Crippen molar-refractivity contribution in [2.45, 2.75) is 26.3 Å². The molecule has 1 rings (SSSR count). The number of anilines is 1. The molecule has 0 radical (unpaired) electrons. The highest BCUT2D eigenvalue weighted by atomic mass is 16.5. The van der Waals surface area contributed by atoms with Crippen molar-refractivity contribution in [1.29, 1.82) is 0 Å². The van der Waals surface area contributed by atoms with Crippen LogP contribution >= 0.6 is 0 Å². The molecule has 0 aliphatic rings. The van der Waals surface area contributed by atoms with Gasteiger partial charge in [-0.15, -0.1) is 0 Å². The van der Waals surface area contributed by atoms with Gasteiger partial charge >= 0.3 is 0 Å². The van der Waals surface area contributed by atoms with Crippen LogP contribution in [0.15, 0.2) is 12.4 Å². The predicted molar refractivity (Wildman–Crippen MR) is 62.8 cm³/mol. The monoisotopic (exact) mass is 225 g/mol. The summed E-state index contributed by atoms with van der Waals surface area (Å²) in [5.74, 6) is 1.36. The summed E-state index contributed by atoms with van der Waals surface area (Å²) in [4.78, 5) is 8.14. The molecule has 5 heteroatoms. The second kappa shape index (κ2) is 7.00. The lowest BCUT2D eigenvalue weighted by atomic mass is 10.2. The third-order valence-electron chi connectivity index (χ3n) is 2.15. The Morgan fingerprint density at radius 3 is 2.81 bits per heavy atom. The van der Waals surface area contributed by atoms with Crippen molar-refractivity contribution in [3.63, 3.8) is 0 Å². The zero-order chi connectivity index (χ0) is 11.8. The summed E-state index contributed by atoms with van der Waals surface area (Å²) in [7, 11) is 1.69. The van der Waals surface area contributed by atoms with Gasteiger partial charge in [-0.25, -0.2) is 9.97 Å². The molecule has 0 saturated heterocycles. The molecule has 90 valence electrons. The first-order valence-electron chi connectivity index (χ1n) is 5.50. The average molecular weight is 225 g/mol. The van der Waals surface area contributed by atoms with Gasteiger partial charge in [-0.2, -0.15) is 0 Å². The first-order valence-corrected chi connectivity index (χ1v) is 5.50. The highest BCUT2D eigenvalue weighted by molar-refractivity contribution is 5.38. The van der Waals surface area contributed by atoms with Gasteiger partial charge in [-0.05, 0) is 13.3 Å². The molecule has 0 aliphatic heterocycles. The summed E-state index contributed by atoms with van der Waals surface area (Å²) >= 11 is 0. The van der Waals surface area contributed by atoms with E-state index < -0.39 is 0 Å². The van der Waals surface area contributed by atoms with E-state index in [0.29, 0.717) is 19.1 Å². The van der Waals surface area contributed by atoms with Crippen LogP contribution in [0.3, 0.4) is 0 Å². The topological polar surface area (TPSA) is 56.3 Å². The van der Waals surface area contributed by atoms with E-state index in [1.165, 1.54) is 6.33 Å². The maximum Gasteiger partial charge on any atom is 0.218 e. The van der Waals surface area contributed by atoms with Crippen LogP contribution in [0.25, 0.3) is 0 Å². The molecule has 1 atom stereocenters. The van der Waals surface area contributed by atoms with Crippen molar-refractivity contribution in [1.82, 2.24) is 9.97 Å². The zero-order valence-corrected chi connectivity index (χ0v) is 10.1. The lowest BCUT2D eigenvalue weighted by Crippen LogP contribution is -2.24. The lowest BCUT2D eigenvalue weighted by Gasteiger charge is -2.16. The molecule has 0 spiro atoms. The number of nitrogens with zero attached hydrogens (tertiary/aromatic N) is 2. The lowest BCUT2D eigenvalue weighted by molar-refractivity contribution is 0.184. The summed E-state index contributed by atoms with van der Waals surface area (Å²) in [6.45, 7) is 5.28. The Morgan fingerprint density at radius 1 is 1.38 bits per heavy atom. The Hall–Kier alpha value is -1.36. The molecule has 0 saturated carbocycles. The maximum absolute atomic E-state index is 5.30. The Kier molecular flexibility index (Phi) is 5.56. The highest BCUT2D eigenvalue weighted by Crippen LogP contribution is 2.12. The van der Waals surface area contributed by atoms with Gasteiger partial charge < -0.3 is 14.8 Å². The summed E-state index contributed by atoms with van der Waals surface area (Å²) < 4.78 is 10.4. The first-order chi connectivity index (χ1) is 7.80. The molecule has 1 heterocycles. The van der Waals surface area contributed by atoms with Crippen molar-refractivity contribution in [3.8, 4) is 5.88 Å². The van der Waals surface area contributed by atoms with Crippen molar-refractivity contribution in [3.05, 3.63) is 12.4 Å². The summed E-state index contributed by atoms with van der Waals surface area (Å²) in [6, 6.07) is 2.05. The fourth-order valence-electron chi connectivity index (χ4n) is 1.32. The van der Waals surface area contributed by atoms with E-state index >= 15 is 0 Å². The van der Waals surface area contributed by atoms with E-state index in [1.54, 1.807) is 13.2 Å². The number of nitrogens with one attached hydrogen (secondary N) is 1. The van der Waals surface area contributed by atoms with Crippen LogP contribution in [0.1, 0.15) is 20.3 Å². The molecule has 1 aromatic rings. The van der Waals surface area contributed by atoms with Gasteiger partial charge in [0.2, 0.25) is 5.88 Å². The molecule has 0 bridgehead atoms. The van der Waals surface area contributed by atoms with E-state index in [9.17, 15) is 0 Å². The Labute approximate surface area is 96.2 Å². The molecular formula is C11H19N3O2. The van der Waals surface area contributed by atoms with Crippen molar-refractivity contribution in [2.75, 3.05) is 25.6 Å². The fraction of sp³-hybridized carbons (Fsp3) is 0.636. The third kappa shape index (κ3) is 4.02. The largest absolute Gasteiger partial charge is 0.478 e. The van der Waals surface area contributed by atoms with E-state index in [-0.39, 0.29) is 6.04 Å². The van der Waals surface area contributed by atoms with Gasteiger partial charge in [0.15, 0.2) is 0 Å². The van der Waals surface area contributed by atoms with Crippen LogP contribution in [0.4, 0.5) is 5.82 Å². The highest BCUT2D eigenvalue weighted by Gasteiger charge is 2.07. The van der Waals surface area contributed by atoms with Crippen LogP contribution in [-0.4, -0.2) is 36.3 Å². The maximum atomic E-state index is 5.30. The van der Waals surface area contributed by atoms with Crippen LogP contribution in [-0.2, 0) is 4.74 Å². The first kappa shape index (κ1) is 12.7. The minimum Gasteiger partial charge on any atom is -0.478 e. The fourth-order valence-corrected chi connectivity index (χ4v) is 1.32. The predicted octanol–water partition coefficient (Wildman–Crippen LogP) is 1.71. The minimum absolute atomic E-state index is 0.259. The molecule has 1 aromatic heterocycles. The smallest absolute Gasteiger partial charge is 0.218 e. The number of ether oxygens (including phenoxy) is 2. The molecular weight excluding hydrogens is 206 g/mol. The summed E-state index contributed by atoms with van der Waals surface area (Å²) in [5.41, 5.74) is 0. The number of rotatable bonds is 7. The molecule has 0 aromatic carbocycles. The molecule has 5 nitrogen and oxygen atoms in total. The van der Waals surface area contributed by atoms with Crippen molar-refractivity contribution < 1.29 is 9.47 Å². The molecule has 0 fully saturated rings. The number of aromatic nitrogens is 2. The minimum atomic E-state index is 0.259. The van der Waals surface area contributed by atoms with Gasteiger partial charge in [0.1, 0.15) is 12.1 Å². The van der Waals surface area contributed by atoms with E-state index in [2.05, 4.69) is 22.2 Å². The van der Waals surface area contributed by atoms with Crippen molar-refractivity contribution in [2.24, 2.45) is 0 Å². The molecule has 1 unspecified atom stereocenters. The van der Waals surface area contributed by atoms with E-state index in [4.69, 9.17) is 9.47 Å². The average Bonchev–Trinajstić information content (AvgIpc) is 2.29. The van der Waals surface area contributed by atoms with Gasteiger partial charge in [0.25, 0.3) is 0 Å². The van der Waals surface area contributed by atoms with Crippen molar-refractivity contribution >= 4 is 5.82 Å².